The number of carbonyl (C=O) groups is 3. The predicted molar refractivity (Wildman–Crippen MR) is 75.8 cm³/mol. The molecule has 0 aliphatic carbocycles. The Bertz CT molecular complexity index is 377. The molecular formula is C14H24N2O4. The second kappa shape index (κ2) is 9.12. The Balaban J connectivity index is 4.52. The van der Waals surface area contributed by atoms with E-state index in [1.807, 2.05) is 13.8 Å². The summed E-state index contributed by atoms with van der Waals surface area (Å²) in [7, 11) is 0. The molecule has 0 unspecified atom stereocenters. The molecule has 0 saturated heterocycles. The SMILES string of the molecule is C=C(C)C(=O)N[C@H](CC(C)C)C(=O)NCC(=O)OCC. The molecule has 2 amide bonds. The van der Waals surface area contributed by atoms with Crippen LogP contribution in [0, 0.1) is 5.92 Å². The molecule has 0 aromatic rings. The molecule has 0 bridgehead atoms. The second-order valence-corrected chi connectivity index (χ2v) is 4.96. The van der Waals surface area contributed by atoms with E-state index in [2.05, 4.69) is 17.2 Å². The van der Waals surface area contributed by atoms with E-state index in [1.54, 1.807) is 13.8 Å². The summed E-state index contributed by atoms with van der Waals surface area (Å²) < 4.78 is 4.72. The van der Waals surface area contributed by atoms with Gasteiger partial charge in [0.1, 0.15) is 12.6 Å². The zero-order valence-electron chi connectivity index (χ0n) is 12.6. The number of esters is 1. The van der Waals surface area contributed by atoms with E-state index in [0.717, 1.165) is 0 Å². The molecule has 114 valence electrons. The second-order valence-electron chi connectivity index (χ2n) is 4.96. The van der Waals surface area contributed by atoms with Crippen LogP contribution in [0.5, 0.6) is 0 Å². The number of nitrogens with one attached hydrogen (secondary N) is 2. The fourth-order valence-electron chi connectivity index (χ4n) is 1.48. The summed E-state index contributed by atoms with van der Waals surface area (Å²) >= 11 is 0. The van der Waals surface area contributed by atoms with Crippen molar-refractivity contribution in [1.29, 1.82) is 0 Å². The number of ether oxygens (including phenoxy) is 1. The van der Waals surface area contributed by atoms with Gasteiger partial charge < -0.3 is 15.4 Å². The van der Waals surface area contributed by atoms with Gasteiger partial charge in [0.25, 0.3) is 0 Å². The molecule has 0 spiro atoms. The van der Waals surface area contributed by atoms with Crippen LogP contribution in [0.4, 0.5) is 0 Å². The molecule has 0 saturated carbocycles. The highest BCUT2D eigenvalue weighted by Crippen LogP contribution is 2.06. The maximum Gasteiger partial charge on any atom is 0.325 e. The minimum absolute atomic E-state index is 0.204. The number of hydrogen-bond donors (Lipinski definition) is 2. The third kappa shape index (κ3) is 7.56. The Morgan fingerprint density at radius 1 is 1.25 bits per heavy atom. The van der Waals surface area contributed by atoms with E-state index in [0.29, 0.717) is 12.0 Å². The Morgan fingerprint density at radius 3 is 2.30 bits per heavy atom. The maximum absolute atomic E-state index is 12.0. The van der Waals surface area contributed by atoms with Gasteiger partial charge in [-0.05, 0) is 26.2 Å². The van der Waals surface area contributed by atoms with Crippen LogP contribution in [-0.4, -0.2) is 37.0 Å². The summed E-state index contributed by atoms with van der Waals surface area (Å²) in [5.74, 6) is -1.06. The highest BCUT2D eigenvalue weighted by Gasteiger charge is 2.22. The first-order valence-electron chi connectivity index (χ1n) is 6.67. The van der Waals surface area contributed by atoms with Crippen LogP contribution in [0.15, 0.2) is 12.2 Å². The molecule has 0 aromatic carbocycles. The lowest BCUT2D eigenvalue weighted by Gasteiger charge is -2.20. The lowest BCUT2D eigenvalue weighted by atomic mass is 10.0. The molecule has 0 radical (unpaired) electrons. The standard InChI is InChI=1S/C14H24N2O4/c1-6-20-12(17)8-15-14(19)11(7-9(2)3)16-13(18)10(4)5/h9,11H,4,6-8H2,1-3,5H3,(H,15,19)(H,16,18)/t11-/m1/s1. The molecular weight excluding hydrogens is 260 g/mol. The summed E-state index contributed by atoms with van der Waals surface area (Å²) in [5.41, 5.74) is 0.331. The van der Waals surface area contributed by atoms with Crippen LogP contribution in [-0.2, 0) is 19.1 Å². The van der Waals surface area contributed by atoms with Crippen molar-refractivity contribution < 1.29 is 19.1 Å². The zero-order chi connectivity index (χ0) is 15.7. The first kappa shape index (κ1) is 18.1. The quantitative estimate of drug-likeness (QED) is 0.509. The molecule has 2 N–H and O–H groups in total. The van der Waals surface area contributed by atoms with E-state index in [4.69, 9.17) is 4.74 Å². The Labute approximate surface area is 119 Å². The van der Waals surface area contributed by atoms with E-state index in [9.17, 15) is 14.4 Å². The van der Waals surface area contributed by atoms with Crippen molar-refractivity contribution in [3.8, 4) is 0 Å². The van der Waals surface area contributed by atoms with Crippen LogP contribution >= 0.6 is 0 Å². The Morgan fingerprint density at radius 2 is 1.85 bits per heavy atom. The minimum atomic E-state index is -0.686. The number of rotatable bonds is 8. The monoisotopic (exact) mass is 284 g/mol. The van der Waals surface area contributed by atoms with Gasteiger partial charge in [0.2, 0.25) is 11.8 Å². The predicted octanol–water partition coefficient (Wildman–Crippen LogP) is 0.773. The Kier molecular flexibility index (Phi) is 8.27. The molecule has 20 heavy (non-hydrogen) atoms. The van der Waals surface area contributed by atoms with Crippen LogP contribution in [0.3, 0.4) is 0 Å². The number of hydrogen-bond acceptors (Lipinski definition) is 4. The third-order valence-electron chi connectivity index (χ3n) is 2.43. The maximum atomic E-state index is 12.0. The largest absolute Gasteiger partial charge is 0.465 e. The van der Waals surface area contributed by atoms with E-state index in [1.165, 1.54) is 0 Å². The smallest absolute Gasteiger partial charge is 0.325 e. The van der Waals surface area contributed by atoms with Crippen LogP contribution < -0.4 is 10.6 Å². The van der Waals surface area contributed by atoms with Gasteiger partial charge in [-0.15, -0.1) is 0 Å². The van der Waals surface area contributed by atoms with Gasteiger partial charge in [-0.3, -0.25) is 14.4 Å². The molecule has 0 rings (SSSR count). The van der Waals surface area contributed by atoms with Gasteiger partial charge in [-0.2, -0.15) is 0 Å². The minimum Gasteiger partial charge on any atom is -0.465 e. The van der Waals surface area contributed by atoms with E-state index >= 15 is 0 Å². The van der Waals surface area contributed by atoms with Gasteiger partial charge >= 0.3 is 5.97 Å². The average molecular weight is 284 g/mol. The molecule has 1 atom stereocenters. The van der Waals surface area contributed by atoms with Gasteiger partial charge in [-0.1, -0.05) is 20.4 Å². The third-order valence-corrected chi connectivity index (χ3v) is 2.43. The van der Waals surface area contributed by atoms with E-state index in [-0.39, 0.29) is 25.0 Å². The normalized spacial score (nSPS) is 11.7. The molecule has 0 heterocycles. The molecule has 6 nitrogen and oxygen atoms in total. The topological polar surface area (TPSA) is 84.5 Å². The van der Waals surface area contributed by atoms with Crippen LogP contribution in [0.2, 0.25) is 0 Å². The first-order chi connectivity index (χ1) is 9.27. The first-order valence-corrected chi connectivity index (χ1v) is 6.67. The average Bonchev–Trinajstić information content (AvgIpc) is 2.34. The Hall–Kier alpha value is -1.85. The van der Waals surface area contributed by atoms with Gasteiger partial charge in [0, 0.05) is 5.57 Å². The summed E-state index contributed by atoms with van der Waals surface area (Å²) in [6.07, 6.45) is 0.480. The summed E-state index contributed by atoms with van der Waals surface area (Å²) in [4.78, 5) is 34.8. The van der Waals surface area contributed by atoms with Crippen molar-refractivity contribution in [1.82, 2.24) is 10.6 Å². The molecule has 6 heteroatoms. The van der Waals surface area contributed by atoms with Gasteiger partial charge in [0.05, 0.1) is 6.61 Å². The van der Waals surface area contributed by atoms with E-state index < -0.39 is 17.9 Å². The van der Waals surface area contributed by atoms with Crippen molar-refractivity contribution in [3.05, 3.63) is 12.2 Å². The lowest BCUT2D eigenvalue weighted by molar-refractivity contribution is -0.143. The van der Waals surface area contributed by atoms with Gasteiger partial charge in [0.15, 0.2) is 0 Å². The molecule has 0 aliphatic heterocycles. The van der Waals surface area contributed by atoms with Crippen molar-refractivity contribution in [3.63, 3.8) is 0 Å². The number of carbonyl (C=O) groups excluding carboxylic acids is 3. The highest BCUT2D eigenvalue weighted by atomic mass is 16.5. The summed E-state index contributed by atoms with van der Waals surface area (Å²) in [6.45, 7) is 10.7. The van der Waals surface area contributed by atoms with Crippen molar-refractivity contribution in [2.75, 3.05) is 13.2 Å². The zero-order valence-corrected chi connectivity index (χ0v) is 12.6. The van der Waals surface area contributed by atoms with Crippen LogP contribution in [0.25, 0.3) is 0 Å². The highest BCUT2D eigenvalue weighted by molar-refractivity contribution is 5.96. The summed E-state index contributed by atoms with van der Waals surface area (Å²) in [6, 6.07) is -0.686. The fraction of sp³-hybridized carbons (Fsp3) is 0.643. The van der Waals surface area contributed by atoms with Crippen molar-refractivity contribution in [2.45, 2.75) is 40.2 Å². The van der Waals surface area contributed by atoms with Crippen molar-refractivity contribution >= 4 is 17.8 Å². The number of amides is 2. The fourth-order valence-corrected chi connectivity index (χ4v) is 1.48. The van der Waals surface area contributed by atoms with Crippen molar-refractivity contribution in [2.24, 2.45) is 5.92 Å². The van der Waals surface area contributed by atoms with Crippen LogP contribution in [0.1, 0.15) is 34.1 Å². The summed E-state index contributed by atoms with van der Waals surface area (Å²) in [5, 5.41) is 5.06. The molecule has 0 fully saturated rings. The molecule has 0 aromatic heterocycles. The molecule has 0 aliphatic rings. The van der Waals surface area contributed by atoms with Gasteiger partial charge in [-0.25, -0.2) is 0 Å². The lowest BCUT2D eigenvalue weighted by Crippen LogP contribution is -2.48.